The normalized spacial score (nSPS) is 12.7. The summed E-state index contributed by atoms with van der Waals surface area (Å²) >= 11 is 0. The molecule has 6 nitrogen and oxygen atoms in total. The van der Waals surface area contributed by atoms with Gasteiger partial charge >= 0.3 is 0 Å². The number of aryl methyl sites for hydroxylation is 2. The van der Waals surface area contributed by atoms with Crippen LogP contribution in [0.3, 0.4) is 0 Å². The molecule has 0 aliphatic heterocycles. The van der Waals surface area contributed by atoms with Gasteiger partial charge in [-0.15, -0.1) is 24.0 Å². The van der Waals surface area contributed by atoms with Crippen molar-refractivity contribution >= 4 is 39.8 Å². The predicted octanol–water partition coefficient (Wildman–Crippen LogP) is 3.46. The molecule has 0 heterocycles. The monoisotopic (exact) mass is 531 g/mol. The highest BCUT2D eigenvalue weighted by atomic mass is 127. The van der Waals surface area contributed by atoms with E-state index in [0.717, 1.165) is 16.9 Å². The minimum absolute atomic E-state index is 0. The molecule has 1 unspecified atom stereocenters. The van der Waals surface area contributed by atoms with Gasteiger partial charge in [0.05, 0.1) is 11.4 Å². The summed E-state index contributed by atoms with van der Waals surface area (Å²) < 4.78 is 29.3. The number of guanidine groups is 1. The Bertz CT molecular complexity index is 929. The van der Waals surface area contributed by atoms with Crippen molar-refractivity contribution in [1.29, 1.82) is 0 Å². The predicted molar refractivity (Wildman–Crippen MR) is 129 cm³/mol. The molecule has 0 aliphatic rings. The SMILES string of the molecule is CN=C(NCc1ccc(S(C)(=O)=O)c(C)c1)NCC(C)Oc1ccc(C)cc1.I. The fourth-order valence-corrected chi connectivity index (χ4v) is 3.73. The molecule has 0 bridgehead atoms. The first-order valence-corrected chi connectivity index (χ1v) is 11.1. The molecule has 0 aliphatic carbocycles. The Balaban J connectivity index is 0.00000420. The second-order valence-corrected chi connectivity index (χ2v) is 8.90. The Morgan fingerprint density at radius 2 is 1.76 bits per heavy atom. The molecule has 2 N–H and O–H groups in total. The summed E-state index contributed by atoms with van der Waals surface area (Å²) in [5, 5.41) is 6.47. The second kappa shape index (κ2) is 11.4. The van der Waals surface area contributed by atoms with Gasteiger partial charge in [0.1, 0.15) is 11.9 Å². The molecule has 0 spiro atoms. The average Bonchev–Trinajstić information content (AvgIpc) is 2.63. The summed E-state index contributed by atoms with van der Waals surface area (Å²) in [5.74, 6) is 1.49. The van der Waals surface area contributed by atoms with E-state index in [1.54, 1.807) is 20.0 Å². The average molecular weight is 531 g/mol. The molecule has 2 rings (SSSR count). The van der Waals surface area contributed by atoms with Crippen LogP contribution in [0.5, 0.6) is 5.75 Å². The Hall–Kier alpha value is -1.81. The van der Waals surface area contributed by atoms with Gasteiger partial charge in [-0.25, -0.2) is 8.42 Å². The number of nitrogens with zero attached hydrogens (tertiary/aromatic N) is 1. The van der Waals surface area contributed by atoms with Crippen LogP contribution in [-0.4, -0.2) is 40.3 Å². The molecule has 29 heavy (non-hydrogen) atoms. The van der Waals surface area contributed by atoms with E-state index in [4.69, 9.17) is 4.74 Å². The number of benzene rings is 2. The van der Waals surface area contributed by atoms with Crippen molar-refractivity contribution in [3.63, 3.8) is 0 Å². The van der Waals surface area contributed by atoms with E-state index in [0.29, 0.717) is 23.9 Å². The first-order valence-electron chi connectivity index (χ1n) is 9.16. The van der Waals surface area contributed by atoms with Gasteiger partial charge in [-0.2, -0.15) is 0 Å². The maximum Gasteiger partial charge on any atom is 0.191 e. The van der Waals surface area contributed by atoms with Crippen molar-refractivity contribution < 1.29 is 13.2 Å². The number of sulfone groups is 1. The number of halogens is 1. The number of aliphatic imine (C=N–C) groups is 1. The van der Waals surface area contributed by atoms with Crippen molar-refractivity contribution in [3.05, 3.63) is 59.2 Å². The van der Waals surface area contributed by atoms with E-state index in [9.17, 15) is 8.42 Å². The number of ether oxygens (including phenoxy) is 1. The third-order valence-electron chi connectivity index (χ3n) is 4.24. The summed E-state index contributed by atoms with van der Waals surface area (Å²) in [4.78, 5) is 4.58. The zero-order chi connectivity index (χ0) is 20.7. The molecule has 0 aromatic heterocycles. The molecular formula is C21H30IN3O3S. The third kappa shape index (κ3) is 8.22. The van der Waals surface area contributed by atoms with Crippen molar-refractivity contribution in [1.82, 2.24) is 10.6 Å². The molecule has 0 saturated heterocycles. The summed E-state index contributed by atoms with van der Waals surface area (Å²) in [6, 6.07) is 13.3. The lowest BCUT2D eigenvalue weighted by atomic mass is 10.1. The van der Waals surface area contributed by atoms with Gasteiger partial charge < -0.3 is 15.4 Å². The third-order valence-corrected chi connectivity index (χ3v) is 5.49. The van der Waals surface area contributed by atoms with E-state index in [2.05, 4.69) is 15.6 Å². The zero-order valence-corrected chi connectivity index (χ0v) is 20.7. The summed E-state index contributed by atoms with van der Waals surface area (Å²) in [6.45, 7) is 6.97. The number of rotatable bonds is 7. The Morgan fingerprint density at radius 3 is 2.31 bits per heavy atom. The van der Waals surface area contributed by atoms with Gasteiger partial charge in [-0.1, -0.05) is 29.8 Å². The highest BCUT2D eigenvalue weighted by Gasteiger charge is 2.11. The number of nitrogens with one attached hydrogen (secondary N) is 2. The fraction of sp³-hybridized carbons (Fsp3) is 0.381. The van der Waals surface area contributed by atoms with E-state index < -0.39 is 9.84 Å². The van der Waals surface area contributed by atoms with Crippen molar-refractivity contribution in [2.45, 2.75) is 38.3 Å². The van der Waals surface area contributed by atoms with E-state index in [-0.39, 0.29) is 30.1 Å². The van der Waals surface area contributed by atoms with Crippen molar-refractivity contribution in [2.24, 2.45) is 4.99 Å². The molecule has 0 fully saturated rings. The number of hydrogen-bond donors (Lipinski definition) is 2. The highest BCUT2D eigenvalue weighted by Crippen LogP contribution is 2.16. The second-order valence-electron chi connectivity index (χ2n) is 6.92. The van der Waals surface area contributed by atoms with Crippen LogP contribution in [0.25, 0.3) is 0 Å². The maximum atomic E-state index is 11.7. The Morgan fingerprint density at radius 1 is 1.10 bits per heavy atom. The smallest absolute Gasteiger partial charge is 0.191 e. The van der Waals surface area contributed by atoms with E-state index in [1.165, 1.54) is 11.8 Å². The first kappa shape index (κ1) is 25.2. The molecule has 2 aromatic carbocycles. The topological polar surface area (TPSA) is 79.8 Å². The van der Waals surface area contributed by atoms with E-state index >= 15 is 0 Å². The standard InChI is InChI=1S/C21H29N3O3S.HI/c1-15-6-9-19(10-7-15)27-17(3)13-23-21(22-4)24-14-18-8-11-20(16(2)12-18)28(5,25)26;/h6-12,17H,13-14H2,1-5H3,(H2,22,23,24);1H. The molecule has 8 heteroatoms. The van der Waals surface area contributed by atoms with Gasteiger partial charge in [-0.05, 0) is 50.1 Å². The first-order chi connectivity index (χ1) is 13.2. The quantitative estimate of drug-likeness (QED) is 0.325. The van der Waals surface area contributed by atoms with Crippen LogP contribution in [0.2, 0.25) is 0 Å². The van der Waals surface area contributed by atoms with Crippen molar-refractivity contribution in [2.75, 3.05) is 19.8 Å². The van der Waals surface area contributed by atoms with Crippen LogP contribution in [0.1, 0.15) is 23.6 Å². The highest BCUT2D eigenvalue weighted by molar-refractivity contribution is 14.0. The van der Waals surface area contributed by atoms with Crippen LogP contribution < -0.4 is 15.4 Å². The number of hydrogen-bond acceptors (Lipinski definition) is 4. The molecule has 160 valence electrons. The van der Waals surface area contributed by atoms with Gasteiger partial charge in [0.2, 0.25) is 0 Å². The van der Waals surface area contributed by atoms with E-state index in [1.807, 2.05) is 50.2 Å². The van der Waals surface area contributed by atoms with Gasteiger partial charge in [0, 0.05) is 19.8 Å². The zero-order valence-electron chi connectivity index (χ0n) is 17.5. The lowest BCUT2D eigenvalue weighted by molar-refractivity contribution is 0.224. The van der Waals surface area contributed by atoms with Gasteiger partial charge in [0.15, 0.2) is 15.8 Å². The minimum Gasteiger partial charge on any atom is -0.489 e. The fourth-order valence-electron chi connectivity index (χ4n) is 2.78. The molecule has 0 amide bonds. The lowest BCUT2D eigenvalue weighted by Gasteiger charge is -2.18. The van der Waals surface area contributed by atoms with Crippen LogP contribution in [-0.2, 0) is 16.4 Å². The molecule has 0 radical (unpaired) electrons. The summed E-state index contributed by atoms with van der Waals surface area (Å²) in [5.41, 5.74) is 2.92. The van der Waals surface area contributed by atoms with Crippen LogP contribution in [0.4, 0.5) is 0 Å². The van der Waals surface area contributed by atoms with Crippen LogP contribution in [0, 0.1) is 13.8 Å². The molecule has 1 atom stereocenters. The van der Waals surface area contributed by atoms with Gasteiger partial charge in [0.25, 0.3) is 0 Å². The minimum atomic E-state index is -3.20. The largest absolute Gasteiger partial charge is 0.489 e. The van der Waals surface area contributed by atoms with Crippen LogP contribution in [0.15, 0.2) is 52.4 Å². The maximum absolute atomic E-state index is 11.7. The Labute approximate surface area is 191 Å². The van der Waals surface area contributed by atoms with Crippen LogP contribution >= 0.6 is 24.0 Å². The Kier molecular flexibility index (Phi) is 9.91. The molecule has 2 aromatic rings. The summed E-state index contributed by atoms with van der Waals surface area (Å²) in [6.07, 6.45) is 1.19. The molecule has 0 saturated carbocycles. The van der Waals surface area contributed by atoms with Crippen molar-refractivity contribution in [3.8, 4) is 5.75 Å². The lowest BCUT2D eigenvalue weighted by Crippen LogP contribution is -2.41. The molecular weight excluding hydrogens is 501 g/mol. The van der Waals surface area contributed by atoms with Gasteiger partial charge in [-0.3, -0.25) is 4.99 Å². The summed E-state index contributed by atoms with van der Waals surface area (Å²) in [7, 11) is -1.50.